The van der Waals surface area contributed by atoms with E-state index in [0.29, 0.717) is 0 Å². The van der Waals surface area contributed by atoms with Crippen LogP contribution in [0.1, 0.15) is 13.3 Å². The van der Waals surface area contributed by atoms with Crippen LogP contribution < -0.4 is 68.9 Å². The Morgan fingerprint density at radius 2 is 1.80 bits per heavy atom. The van der Waals surface area contributed by atoms with Crippen molar-refractivity contribution in [3.63, 3.8) is 0 Å². The molecule has 0 heterocycles. The number of carbonyl (C=O) groups is 1. The molecule has 0 aromatic rings. The van der Waals surface area contributed by atoms with Crippen LogP contribution in [0.4, 0.5) is 0 Å². The van der Waals surface area contributed by atoms with Gasteiger partial charge in [-0.25, -0.2) is 0 Å². The largest absolute Gasteiger partial charge is 1.00 e. The van der Waals surface area contributed by atoms with E-state index in [1.54, 1.807) is 0 Å². The standard InChI is InChI=1S/C4H7O3P.2Na/c1-4(5)2-3-8(6)7;;/h2-3H2,1H3;;/q-2;2*+1. The molecule has 0 atom stereocenters. The zero-order valence-corrected chi connectivity index (χ0v) is 11.5. The molecule has 3 nitrogen and oxygen atoms in total. The van der Waals surface area contributed by atoms with Gasteiger partial charge in [-0.05, 0) is 6.92 Å². The molecule has 0 amide bonds. The Balaban J connectivity index is -0.000000245. The van der Waals surface area contributed by atoms with E-state index in [2.05, 4.69) is 0 Å². The third-order valence-electron chi connectivity index (χ3n) is 0.646. The number of hydrogen-bond donors (Lipinski definition) is 0. The molecule has 0 N–H and O–H groups in total. The van der Waals surface area contributed by atoms with Crippen LogP contribution in [0.3, 0.4) is 0 Å². The Morgan fingerprint density at radius 3 is 1.90 bits per heavy atom. The maximum atomic E-state index is 10.1. The molecule has 0 aromatic heterocycles. The molecule has 0 unspecified atom stereocenters. The third kappa shape index (κ3) is 16.5. The zero-order valence-electron chi connectivity index (χ0n) is 6.59. The van der Waals surface area contributed by atoms with Crippen molar-refractivity contribution < 1.29 is 73.7 Å². The van der Waals surface area contributed by atoms with Crippen LogP contribution in [0.25, 0.3) is 0 Å². The Kier molecular flexibility index (Phi) is 19.8. The van der Waals surface area contributed by atoms with Gasteiger partial charge in [-0.3, -0.25) is 0 Å². The van der Waals surface area contributed by atoms with Crippen molar-refractivity contribution in [2.45, 2.75) is 13.3 Å². The Labute approximate surface area is 106 Å². The number of Topliss-reactive ketones (excluding diaryl/α,β-unsaturated/α-hetero) is 1. The van der Waals surface area contributed by atoms with Crippen molar-refractivity contribution in [2.24, 2.45) is 0 Å². The molecule has 0 saturated heterocycles. The van der Waals surface area contributed by atoms with E-state index in [9.17, 15) is 14.6 Å². The van der Waals surface area contributed by atoms with Crippen LogP contribution in [0.5, 0.6) is 0 Å². The number of hydrogen-bond acceptors (Lipinski definition) is 3. The SMILES string of the molecule is CC(=O)CCP([O-])[O-].[Na+].[Na+]. The molecule has 0 aliphatic heterocycles. The number of rotatable bonds is 3. The van der Waals surface area contributed by atoms with Gasteiger partial charge < -0.3 is 23.0 Å². The summed E-state index contributed by atoms with van der Waals surface area (Å²) in [6.07, 6.45) is 0.142. The quantitative estimate of drug-likeness (QED) is 0.320. The average molecular weight is 180 g/mol. The minimum atomic E-state index is -2.35. The fraction of sp³-hybridized carbons (Fsp3) is 0.750. The van der Waals surface area contributed by atoms with Crippen molar-refractivity contribution in [3.05, 3.63) is 0 Å². The Morgan fingerprint density at radius 1 is 1.40 bits per heavy atom. The molecule has 10 heavy (non-hydrogen) atoms. The summed E-state index contributed by atoms with van der Waals surface area (Å²) < 4.78 is 0. The van der Waals surface area contributed by atoms with Gasteiger partial charge in [0, 0.05) is 6.42 Å². The van der Waals surface area contributed by atoms with Crippen LogP contribution in [-0.4, -0.2) is 11.9 Å². The minimum Gasteiger partial charge on any atom is -0.842 e. The molecule has 48 valence electrons. The van der Waals surface area contributed by atoms with Gasteiger partial charge in [0.1, 0.15) is 5.78 Å². The Bertz CT molecular complexity index is 88.6. The number of carbonyl (C=O) groups excluding carboxylic acids is 1. The van der Waals surface area contributed by atoms with Gasteiger partial charge in [-0.2, -0.15) is 0 Å². The third-order valence-corrected chi connectivity index (χ3v) is 1.24. The maximum Gasteiger partial charge on any atom is 1.00 e. The van der Waals surface area contributed by atoms with Gasteiger partial charge in [0.2, 0.25) is 0 Å². The normalized spacial score (nSPS) is 8.00. The van der Waals surface area contributed by atoms with Crippen LogP contribution >= 0.6 is 8.38 Å². The summed E-state index contributed by atoms with van der Waals surface area (Å²) >= 11 is 0. The molecule has 0 saturated carbocycles. The van der Waals surface area contributed by atoms with Gasteiger partial charge in [0.05, 0.1) is 0 Å². The van der Waals surface area contributed by atoms with Crippen molar-refractivity contribution in [1.29, 1.82) is 0 Å². The molecule has 0 fully saturated rings. The van der Waals surface area contributed by atoms with Crippen LogP contribution in [0.15, 0.2) is 0 Å². The summed E-state index contributed by atoms with van der Waals surface area (Å²) in [4.78, 5) is 29.7. The second-order valence-electron chi connectivity index (χ2n) is 1.51. The molecular formula is C4H7Na2O3P. The summed E-state index contributed by atoms with van der Waals surface area (Å²) in [5.41, 5.74) is 0. The van der Waals surface area contributed by atoms with Crippen LogP contribution in [-0.2, 0) is 4.79 Å². The molecule has 0 aliphatic rings. The van der Waals surface area contributed by atoms with E-state index < -0.39 is 8.38 Å². The molecule has 0 rings (SSSR count). The smallest absolute Gasteiger partial charge is 0.842 e. The number of ketones is 1. The maximum absolute atomic E-state index is 10.1. The zero-order chi connectivity index (χ0) is 6.57. The van der Waals surface area contributed by atoms with Crippen LogP contribution in [0, 0.1) is 0 Å². The van der Waals surface area contributed by atoms with Crippen molar-refractivity contribution in [2.75, 3.05) is 6.16 Å². The van der Waals surface area contributed by atoms with E-state index in [0.717, 1.165) is 0 Å². The molecule has 0 aliphatic carbocycles. The average Bonchev–Trinajstić information content (AvgIpc) is 1.61. The molecule has 6 heteroatoms. The van der Waals surface area contributed by atoms with Gasteiger partial charge in [0.25, 0.3) is 0 Å². The fourth-order valence-electron chi connectivity index (χ4n) is 0.249. The molecule has 0 bridgehead atoms. The summed E-state index contributed by atoms with van der Waals surface area (Å²) in [7, 11) is -2.35. The monoisotopic (exact) mass is 180 g/mol. The molecule has 0 spiro atoms. The van der Waals surface area contributed by atoms with Gasteiger partial charge in [0.15, 0.2) is 0 Å². The van der Waals surface area contributed by atoms with Gasteiger partial charge in [-0.1, -0.05) is 6.16 Å². The second kappa shape index (κ2) is 11.0. The first-order chi connectivity index (χ1) is 3.63. The summed E-state index contributed by atoms with van der Waals surface area (Å²) in [5.74, 6) is -0.0794. The summed E-state index contributed by atoms with van der Waals surface area (Å²) in [6.45, 7) is 1.37. The summed E-state index contributed by atoms with van der Waals surface area (Å²) in [5, 5.41) is 0. The first kappa shape index (κ1) is 17.9. The second-order valence-corrected chi connectivity index (χ2v) is 2.62. The first-order valence-corrected chi connectivity index (χ1v) is 3.60. The first-order valence-electron chi connectivity index (χ1n) is 2.24. The topological polar surface area (TPSA) is 63.2 Å². The molecule has 0 aromatic carbocycles. The van der Waals surface area contributed by atoms with Crippen LogP contribution in [0.2, 0.25) is 0 Å². The van der Waals surface area contributed by atoms with Gasteiger partial charge in [-0.15, -0.1) is 0 Å². The van der Waals surface area contributed by atoms with Gasteiger partial charge >= 0.3 is 59.1 Å². The predicted octanol–water partition coefficient (Wildman–Crippen LogP) is -6.99. The van der Waals surface area contributed by atoms with E-state index >= 15 is 0 Å². The molecular weight excluding hydrogens is 173 g/mol. The van der Waals surface area contributed by atoms with E-state index in [1.165, 1.54) is 6.92 Å². The van der Waals surface area contributed by atoms with Crippen molar-refractivity contribution >= 4 is 14.2 Å². The van der Waals surface area contributed by atoms with Crippen molar-refractivity contribution in [1.82, 2.24) is 0 Å². The van der Waals surface area contributed by atoms with E-state index in [-0.39, 0.29) is 77.5 Å². The molecule has 0 radical (unpaired) electrons. The van der Waals surface area contributed by atoms with Crippen molar-refractivity contribution in [3.8, 4) is 0 Å². The Hall–Kier alpha value is 2.02. The summed E-state index contributed by atoms with van der Waals surface area (Å²) in [6, 6.07) is 0. The minimum absolute atomic E-state index is 0. The fourth-order valence-corrected chi connectivity index (χ4v) is 0.746. The predicted molar refractivity (Wildman–Crippen MR) is 27.1 cm³/mol. The van der Waals surface area contributed by atoms with E-state index in [4.69, 9.17) is 0 Å². The van der Waals surface area contributed by atoms with E-state index in [1.807, 2.05) is 0 Å².